The molecular weight excluding hydrogens is 265 g/mol. The Hall–Kier alpha value is -0.240. The lowest BCUT2D eigenvalue weighted by atomic mass is 9.68. The van der Waals surface area contributed by atoms with E-state index in [1.807, 2.05) is 12.1 Å². The molecule has 3 heteroatoms. The first-order chi connectivity index (χ1) is 8.39. The second kappa shape index (κ2) is 5.40. The lowest BCUT2D eigenvalue weighted by Crippen LogP contribution is -2.40. The van der Waals surface area contributed by atoms with Crippen molar-refractivity contribution in [3.05, 3.63) is 33.8 Å². The smallest absolute Gasteiger partial charge is 0.0624 e. The molecule has 2 atom stereocenters. The number of nitrogens with two attached hydrogens (primary N) is 1. The van der Waals surface area contributed by atoms with Crippen LogP contribution in [0.25, 0.3) is 0 Å². The van der Waals surface area contributed by atoms with Crippen LogP contribution in [0.15, 0.2) is 18.2 Å². The van der Waals surface area contributed by atoms with Crippen molar-refractivity contribution in [2.24, 2.45) is 17.1 Å². The summed E-state index contributed by atoms with van der Waals surface area (Å²) in [5, 5.41) is 1.33. The van der Waals surface area contributed by atoms with Crippen molar-refractivity contribution >= 4 is 23.2 Å². The zero-order valence-corrected chi connectivity index (χ0v) is 12.6. The van der Waals surface area contributed by atoms with Crippen molar-refractivity contribution in [3.63, 3.8) is 0 Å². The van der Waals surface area contributed by atoms with Crippen molar-refractivity contribution in [2.75, 3.05) is 0 Å². The molecule has 0 bridgehead atoms. The summed E-state index contributed by atoms with van der Waals surface area (Å²) in [6, 6.07) is 6.14. The molecule has 18 heavy (non-hydrogen) atoms. The van der Waals surface area contributed by atoms with E-state index >= 15 is 0 Å². The zero-order valence-electron chi connectivity index (χ0n) is 11.0. The predicted octanol–water partition coefficient (Wildman–Crippen LogP) is 4.69. The average molecular weight is 286 g/mol. The second-order valence-corrected chi connectivity index (χ2v) is 7.03. The zero-order chi connectivity index (χ0) is 13.3. The predicted molar refractivity (Wildman–Crippen MR) is 79.3 cm³/mol. The van der Waals surface area contributed by atoms with Gasteiger partial charge < -0.3 is 5.73 Å². The van der Waals surface area contributed by atoms with Crippen molar-refractivity contribution in [3.8, 4) is 0 Å². The minimum atomic E-state index is 0.285. The number of rotatable bonds is 2. The second-order valence-electron chi connectivity index (χ2n) is 6.25. The van der Waals surface area contributed by atoms with Crippen molar-refractivity contribution in [1.82, 2.24) is 0 Å². The van der Waals surface area contributed by atoms with Crippen LogP contribution in [0.4, 0.5) is 0 Å². The molecule has 0 heterocycles. The average Bonchev–Trinajstić information content (AvgIpc) is 2.29. The maximum absolute atomic E-state index is 6.26. The van der Waals surface area contributed by atoms with Crippen LogP contribution in [0.1, 0.15) is 38.7 Å². The Kier molecular flexibility index (Phi) is 4.25. The van der Waals surface area contributed by atoms with Gasteiger partial charge in [-0.15, -0.1) is 0 Å². The molecule has 0 radical (unpaired) electrons. The summed E-state index contributed by atoms with van der Waals surface area (Å²) in [6.45, 7) is 4.65. The molecule has 1 aliphatic carbocycles. The number of hydrogen-bond acceptors (Lipinski definition) is 1. The quantitative estimate of drug-likeness (QED) is 0.838. The Balaban J connectivity index is 2.15. The van der Waals surface area contributed by atoms with Crippen molar-refractivity contribution in [2.45, 2.75) is 45.6 Å². The van der Waals surface area contributed by atoms with Gasteiger partial charge in [-0.05, 0) is 48.6 Å². The summed E-state index contributed by atoms with van der Waals surface area (Å²) in [6.07, 6.45) is 4.42. The van der Waals surface area contributed by atoms with Gasteiger partial charge in [0.2, 0.25) is 0 Å². The first-order valence-corrected chi connectivity index (χ1v) is 7.33. The molecule has 1 aromatic carbocycles. The monoisotopic (exact) mass is 285 g/mol. The fraction of sp³-hybridized carbons (Fsp3) is 0.600. The fourth-order valence-corrected chi connectivity index (χ4v) is 3.37. The molecule has 100 valence electrons. The molecule has 1 fully saturated rings. The summed E-state index contributed by atoms with van der Waals surface area (Å²) < 4.78 is 0. The van der Waals surface area contributed by atoms with Crippen LogP contribution >= 0.6 is 23.2 Å². The van der Waals surface area contributed by atoms with Gasteiger partial charge in [0.25, 0.3) is 0 Å². The number of hydrogen-bond donors (Lipinski definition) is 1. The SMILES string of the molecule is CC1(C)CCC(N)C(Cc2cccc(Cl)c2Cl)C1. The maximum Gasteiger partial charge on any atom is 0.0624 e. The lowest BCUT2D eigenvalue weighted by Gasteiger charge is -2.39. The van der Waals surface area contributed by atoms with E-state index in [0.29, 0.717) is 21.4 Å². The summed E-state index contributed by atoms with van der Waals surface area (Å²) >= 11 is 12.3. The summed E-state index contributed by atoms with van der Waals surface area (Å²) in [5.41, 5.74) is 7.78. The van der Waals surface area contributed by atoms with Crippen LogP contribution in [0.2, 0.25) is 10.0 Å². The molecule has 0 spiro atoms. The summed E-state index contributed by atoms with van der Waals surface area (Å²) in [7, 11) is 0. The molecule has 2 unspecified atom stereocenters. The van der Waals surface area contributed by atoms with Gasteiger partial charge in [0.1, 0.15) is 0 Å². The first-order valence-electron chi connectivity index (χ1n) is 6.57. The van der Waals surface area contributed by atoms with Crippen molar-refractivity contribution < 1.29 is 0 Å². The van der Waals surface area contributed by atoms with Gasteiger partial charge in [0, 0.05) is 6.04 Å². The molecule has 0 aliphatic heterocycles. The minimum absolute atomic E-state index is 0.285. The van der Waals surface area contributed by atoms with E-state index in [0.717, 1.165) is 24.8 Å². The third-order valence-corrected chi connectivity index (χ3v) is 4.95. The normalized spacial score (nSPS) is 27.2. The van der Waals surface area contributed by atoms with Crippen LogP contribution in [0.5, 0.6) is 0 Å². The largest absolute Gasteiger partial charge is 0.327 e. The van der Waals surface area contributed by atoms with Crippen LogP contribution in [0, 0.1) is 11.3 Å². The van der Waals surface area contributed by atoms with E-state index in [1.54, 1.807) is 0 Å². The Morgan fingerprint density at radius 3 is 2.78 bits per heavy atom. The highest BCUT2D eigenvalue weighted by Crippen LogP contribution is 2.40. The summed E-state index contributed by atoms with van der Waals surface area (Å²) in [4.78, 5) is 0. The molecule has 0 aromatic heterocycles. The van der Waals surface area contributed by atoms with E-state index in [9.17, 15) is 0 Å². The summed E-state index contributed by atoms with van der Waals surface area (Å²) in [5.74, 6) is 0.504. The molecule has 1 saturated carbocycles. The van der Waals surface area contributed by atoms with Gasteiger partial charge >= 0.3 is 0 Å². The van der Waals surface area contributed by atoms with Gasteiger partial charge in [-0.3, -0.25) is 0 Å². The molecule has 0 amide bonds. The van der Waals surface area contributed by atoms with Crippen LogP contribution < -0.4 is 5.73 Å². The molecule has 0 saturated heterocycles. The third-order valence-electron chi connectivity index (χ3n) is 4.09. The Labute approximate surface area is 120 Å². The van der Waals surface area contributed by atoms with E-state index < -0.39 is 0 Å². The molecule has 1 aliphatic rings. The van der Waals surface area contributed by atoms with E-state index in [2.05, 4.69) is 19.9 Å². The molecule has 2 N–H and O–H groups in total. The number of benzene rings is 1. The van der Waals surface area contributed by atoms with E-state index in [-0.39, 0.29) is 6.04 Å². The third kappa shape index (κ3) is 3.20. The topological polar surface area (TPSA) is 26.0 Å². The molecular formula is C15H21Cl2N. The molecule has 1 nitrogen and oxygen atoms in total. The maximum atomic E-state index is 6.26. The van der Waals surface area contributed by atoms with Crippen LogP contribution in [0.3, 0.4) is 0 Å². The highest BCUT2D eigenvalue weighted by Gasteiger charge is 2.33. The van der Waals surface area contributed by atoms with E-state index in [1.165, 1.54) is 6.42 Å². The first kappa shape index (κ1) is 14.2. The van der Waals surface area contributed by atoms with Crippen LogP contribution in [-0.4, -0.2) is 6.04 Å². The van der Waals surface area contributed by atoms with Gasteiger partial charge in [-0.25, -0.2) is 0 Å². The van der Waals surface area contributed by atoms with Gasteiger partial charge in [0.05, 0.1) is 10.0 Å². The lowest BCUT2D eigenvalue weighted by molar-refractivity contribution is 0.157. The Morgan fingerprint density at radius 1 is 1.33 bits per heavy atom. The highest BCUT2D eigenvalue weighted by atomic mass is 35.5. The van der Waals surface area contributed by atoms with Gasteiger partial charge in [-0.1, -0.05) is 49.2 Å². The van der Waals surface area contributed by atoms with Gasteiger partial charge in [-0.2, -0.15) is 0 Å². The Bertz CT molecular complexity index is 429. The van der Waals surface area contributed by atoms with E-state index in [4.69, 9.17) is 28.9 Å². The van der Waals surface area contributed by atoms with Crippen LogP contribution in [-0.2, 0) is 6.42 Å². The fourth-order valence-electron chi connectivity index (χ4n) is 2.97. The molecule has 2 rings (SSSR count). The van der Waals surface area contributed by atoms with Crippen molar-refractivity contribution in [1.29, 1.82) is 0 Å². The van der Waals surface area contributed by atoms with Gasteiger partial charge in [0.15, 0.2) is 0 Å². The Morgan fingerprint density at radius 2 is 2.06 bits per heavy atom. The minimum Gasteiger partial charge on any atom is -0.327 e. The molecule has 1 aromatic rings. The highest BCUT2D eigenvalue weighted by molar-refractivity contribution is 6.42. The standard InChI is InChI=1S/C15H21Cl2N/c1-15(2)7-6-13(18)11(9-15)8-10-4-3-5-12(16)14(10)17/h3-5,11,13H,6-9,18H2,1-2H3. The number of halogens is 2.